The first kappa shape index (κ1) is 16.9. The third-order valence-electron chi connectivity index (χ3n) is 4.59. The van der Waals surface area contributed by atoms with Crippen molar-refractivity contribution in [3.8, 4) is 0 Å². The maximum atomic E-state index is 6.08. The van der Waals surface area contributed by atoms with E-state index in [9.17, 15) is 0 Å². The Labute approximate surface area is 149 Å². The third kappa shape index (κ3) is 3.59. The van der Waals surface area contributed by atoms with Gasteiger partial charge in [-0.25, -0.2) is 0 Å². The maximum absolute atomic E-state index is 6.08. The Morgan fingerprint density at radius 1 is 1.42 bits per heavy atom. The number of halogens is 1. The van der Waals surface area contributed by atoms with Crippen LogP contribution in [0, 0.1) is 0 Å². The van der Waals surface area contributed by atoms with Gasteiger partial charge in [0.2, 0.25) is 0 Å². The first-order chi connectivity index (χ1) is 11.6. The zero-order valence-electron chi connectivity index (χ0n) is 14.6. The molecule has 1 aromatic heterocycles. The Bertz CT molecular complexity index is 735. The number of aliphatic imine (C=N–C) groups is 1. The first-order valence-corrected chi connectivity index (χ1v) is 8.84. The lowest BCUT2D eigenvalue weighted by Crippen LogP contribution is -2.39. The van der Waals surface area contributed by atoms with Gasteiger partial charge in [-0.15, -0.1) is 0 Å². The minimum Gasteiger partial charge on any atom is -0.357 e. The molecule has 1 N–H and O–H groups in total. The molecular weight excluding hydrogens is 320 g/mol. The summed E-state index contributed by atoms with van der Waals surface area (Å²) >= 11 is 6.08. The highest BCUT2D eigenvalue weighted by Crippen LogP contribution is 2.34. The predicted molar refractivity (Wildman–Crippen MR) is 101 cm³/mol. The van der Waals surface area contributed by atoms with Crippen molar-refractivity contribution < 1.29 is 0 Å². The number of nitrogens with zero attached hydrogens (tertiary/aromatic N) is 3. The second-order valence-corrected chi connectivity index (χ2v) is 6.85. The van der Waals surface area contributed by atoms with Gasteiger partial charge in [-0.2, -0.15) is 0 Å². The third-order valence-corrected chi connectivity index (χ3v) is 4.80. The van der Waals surface area contributed by atoms with Crippen LogP contribution in [0.4, 0.5) is 0 Å². The van der Waals surface area contributed by atoms with E-state index in [4.69, 9.17) is 16.6 Å². The molecule has 1 atom stereocenters. The topological polar surface area (TPSA) is 32.6 Å². The molecule has 5 heteroatoms. The number of fused-ring (bicyclic) bond motifs is 1. The van der Waals surface area contributed by atoms with E-state index >= 15 is 0 Å². The van der Waals surface area contributed by atoms with Gasteiger partial charge in [-0.05, 0) is 30.5 Å². The molecule has 128 valence electrons. The summed E-state index contributed by atoms with van der Waals surface area (Å²) in [7, 11) is 4.08. The van der Waals surface area contributed by atoms with E-state index in [1.165, 1.54) is 16.8 Å². The molecule has 2 aromatic rings. The summed E-state index contributed by atoms with van der Waals surface area (Å²) < 4.78 is 2.06. The van der Waals surface area contributed by atoms with Crippen LogP contribution in [0.5, 0.6) is 0 Å². The number of guanidine groups is 1. The van der Waals surface area contributed by atoms with Crippen LogP contribution in [0.2, 0.25) is 5.02 Å². The second kappa shape index (κ2) is 7.31. The van der Waals surface area contributed by atoms with E-state index in [2.05, 4.69) is 53.0 Å². The van der Waals surface area contributed by atoms with Gasteiger partial charge in [0.1, 0.15) is 0 Å². The summed E-state index contributed by atoms with van der Waals surface area (Å²) in [5.41, 5.74) is 4.09. The molecule has 0 aliphatic heterocycles. The van der Waals surface area contributed by atoms with Crippen LogP contribution in [0.1, 0.15) is 29.7 Å². The summed E-state index contributed by atoms with van der Waals surface area (Å²) in [5.74, 6) is 1.49. The van der Waals surface area contributed by atoms with E-state index in [1.54, 1.807) is 0 Å². The average Bonchev–Trinajstić information content (AvgIpc) is 2.84. The van der Waals surface area contributed by atoms with Crippen molar-refractivity contribution in [1.82, 2.24) is 14.8 Å². The van der Waals surface area contributed by atoms with Gasteiger partial charge in [-0.1, -0.05) is 35.9 Å². The van der Waals surface area contributed by atoms with Crippen molar-refractivity contribution in [2.24, 2.45) is 12.0 Å². The van der Waals surface area contributed by atoms with Crippen molar-refractivity contribution in [1.29, 1.82) is 0 Å². The number of hydrogen-bond acceptors (Lipinski definition) is 1. The van der Waals surface area contributed by atoms with Gasteiger partial charge in [0.15, 0.2) is 5.96 Å². The van der Waals surface area contributed by atoms with Gasteiger partial charge in [0.25, 0.3) is 0 Å². The standard InChI is InChI=1S/C19H25ClN4/c1-4-21-19(24(3)13-17-10-16(20)12-23(17)2)22-11-15-9-14-7-5-6-8-18(14)15/h5-8,10,12,15H,4,9,11,13H2,1-3H3,(H,21,22). The molecule has 0 saturated heterocycles. The number of aromatic nitrogens is 1. The summed E-state index contributed by atoms with van der Waals surface area (Å²) in [6, 6.07) is 10.7. The number of benzene rings is 1. The van der Waals surface area contributed by atoms with Gasteiger partial charge in [0, 0.05) is 45.0 Å². The maximum Gasteiger partial charge on any atom is 0.194 e. The molecule has 1 aliphatic carbocycles. The quantitative estimate of drug-likeness (QED) is 0.666. The Balaban J connectivity index is 1.66. The summed E-state index contributed by atoms with van der Waals surface area (Å²) in [6.45, 7) is 4.56. The molecule has 0 radical (unpaired) electrons. The van der Waals surface area contributed by atoms with E-state index in [1.807, 2.05) is 19.3 Å². The highest BCUT2D eigenvalue weighted by molar-refractivity contribution is 6.30. The van der Waals surface area contributed by atoms with Gasteiger partial charge in [0.05, 0.1) is 11.6 Å². The molecule has 24 heavy (non-hydrogen) atoms. The molecule has 4 nitrogen and oxygen atoms in total. The predicted octanol–water partition coefficient (Wildman–Crippen LogP) is 3.42. The molecule has 1 aliphatic rings. The number of rotatable bonds is 5. The number of aryl methyl sites for hydroxylation is 1. The van der Waals surface area contributed by atoms with Crippen LogP contribution in [-0.2, 0) is 20.0 Å². The second-order valence-electron chi connectivity index (χ2n) is 6.41. The lowest BCUT2D eigenvalue weighted by molar-refractivity contribution is 0.459. The molecule has 0 bridgehead atoms. The van der Waals surface area contributed by atoms with E-state index < -0.39 is 0 Å². The SMILES string of the molecule is CCNC(=NCC1Cc2ccccc21)N(C)Cc1cc(Cl)cn1C. The molecule has 0 saturated carbocycles. The van der Waals surface area contributed by atoms with Crippen molar-refractivity contribution in [3.05, 3.63) is 58.4 Å². The van der Waals surface area contributed by atoms with Crippen LogP contribution < -0.4 is 5.32 Å². The van der Waals surface area contributed by atoms with Crippen molar-refractivity contribution in [2.75, 3.05) is 20.1 Å². The Morgan fingerprint density at radius 2 is 2.21 bits per heavy atom. The van der Waals surface area contributed by atoms with E-state index in [-0.39, 0.29) is 0 Å². The highest BCUT2D eigenvalue weighted by atomic mass is 35.5. The average molecular weight is 345 g/mol. The Hall–Kier alpha value is -1.94. The lowest BCUT2D eigenvalue weighted by atomic mass is 9.78. The van der Waals surface area contributed by atoms with Crippen LogP contribution in [0.3, 0.4) is 0 Å². The zero-order valence-corrected chi connectivity index (χ0v) is 15.3. The summed E-state index contributed by atoms with van der Waals surface area (Å²) in [6.07, 6.45) is 3.07. The van der Waals surface area contributed by atoms with Crippen molar-refractivity contribution >= 4 is 17.6 Å². The minimum atomic E-state index is 0.549. The van der Waals surface area contributed by atoms with Gasteiger partial charge < -0.3 is 14.8 Å². The fraction of sp³-hybridized carbons (Fsp3) is 0.421. The van der Waals surface area contributed by atoms with E-state index in [0.29, 0.717) is 5.92 Å². The summed E-state index contributed by atoms with van der Waals surface area (Å²) in [4.78, 5) is 7.01. The molecular formula is C19H25ClN4. The Morgan fingerprint density at radius 3 is 2.88 bits per heavy atom. The van der Waals surface area contributed by atoms with Crippen LogP contribution in [-0.4, -0.2) is 35.6 Å². The highest BCUT2D eigenvalue weighted by Gasteiger charge is 2.25. The fourth-order valence-electron chi connectivity index (χ4n) is 3.23. The molecule has 0 spiro atoms. The zero-order chi connectivity index (χ0) is 17.1. The summed E-state index contributed by atoms with van der Waals surface area (Å²) in [5, 5.41) is 4.16. The van der Waals surface area contributed by atoms with Crippen molar-refractivity contribution in [2.45, 2.75) is 25.8 Å². The monoisotopic (exact) mass is 344 g/mol. The van der Waals surface area contributed by atoms with Crippen molar-refractivity contribution in [3.63, 3.8) is 0 Å². The molecule has 0 fully saturated rings. The smallest absolute Gasteiger partial charge is 0.194 e. The fourth-order valence-corrected chi connectivity index (χ4v) is 3.51. The largest absolute Gasteiger partial charge is 0.357 e. The molecule has 3 rings (SSSR count). The van der Waals surface area contributed by atoms with Gasteiger partial charge >= 0.3 is 0 Å². The minimum absolute atomic E-state index is 0.549. The molecule has 0 amide bonds. The van der Waals surface area contributed by atoms with Gasteiger partial charge in [-0.3, -0.25) is 4.99 Å². The normalized spacial score (nSPS) is 16.5. The first-order valence-electron chi connectivity index (χ1n) is 8.46. The van der Waals surface area contributed by atoms with E-state index in [0.717, 1.165) is 37.0 Å². The van der Waals surface area contributed by atoms with Crippen LogP contribution in [0.15, 0.2) is 41.5 Å². The van der Waals surface area contributed by atoms with Crippen LogP contribution in [0.25, 0.3) is 0 Å². The Kier molecular flexibility index (Phi) is 5.14. The molecule has 1 unspecified atom stereocenters. The molecule has 1 aromatic carbocycles. The molecule has 1 heterocycles. The number of nitrogens with one attached hydrogen (secondary N) is 1. The number of hydrogen-bond donors (Lipinski definition) is 1. The lowest BCUT2D eigenvalue weighted by Gasteiger charge is -2.29. The van der Waals surface area contributed by atoms with Crippen LogP contribution >= 0.6 is 11.6 Å².